The second kappa shape index (κ2) is 6.52. The summed E-state index contributed by atoms with van der Waals surface area (Å²) in [6.07, 6.45) is 2.08. The monoisotopic (exact) mass is 320 g/mol. The van der Waals surface area contributed by atoms with Crippen molar-refractivity contribution < 1.29 is 13.9 Å². The van der Waals surface area contributed by atoms with Gasteiger partial charge >= 0.3 is 5.97 Å². The van der Waals surface area contributed by atoms with E-state index in [2.05, 4.69) is 5.10 Å². The number of thioether (sulfide) groups is 1. The minimum Gasteiger partial charge on any atom is -0.462 e. The van der Waals surface area contributed by atoms with Gasteiger partial charge in [0, 0.05) is 12.1 Å². The zero-order chi connectivity index (χ0) is 15.5. The fraction of sp³-hybridized carbons (Fsp3) is 0.375. The van der Waals surface area contributed by atoms with E-state index in [1.165, 1.54) is 6.07 Å². The van der Waals surface area contributed by atoms with E-state index in [1.54, 1.807) is 36.9 Å². The van der Waals surface area contributed by atoms with E-state index in [0.717, 1.165) is 30.2 Å². The number of carbonyl (C=O) groups excluding carboxylic acids is 1. The number of esters is 1. The molecule has 0 amide bonds. The Morgan fingerprint density at radius 1 is 1.41 bits per heavy atom. The SMILES string of the molecule is CCOC(=O)c1c(-c2ccccc2F)nn2c1SCCCC2. The number of fused-ring (bicyclic) bond motifs is 1. The molecule has 0 unspecified atom stereocenters. The van der Waals surface area contributed by atoms with Gasteiger partial charge in [0.2, 0.25) is 0 Å². The standard InChI is InChI=1S/C16H17FN2O2S/c1-2-21-16(20)13-14(11-7-3-4-8-12(11)17)18-19-9-5-6-10-22-15(13)19/h3-4,7-8H,2,5-6,9-10H2,1H3. The van der Waals surface area contributed by atoms with Crippen molar-refractivity contribution in [2.45, 2.75) is 31.3 Å². The van der Waals surface area contributed by atoms with Gasteiger partial charge in [-0.15, -0.1) is 11.8 Å². The molecular weight excluding hydrogens is 303 g/mol. The van der Waals surface area contributed by atoms with Crippen LogP contribution in [0.2, 0.25) is 0 Å². The van der Waals surface area contributed by atoms with Gasteiger partial charge in [0.1, 0.15) is 22.1 Å². The van der Waals surface area contributed by atoms with E-state index in [1.807, 2.05) is 4.68 Å². The molecule has 1 aliphatic rings. The fourth-order valence-electron chi connectivity index (χ4n) is 2.51. The molecule has 0 bridgehead atoms. The Hall–Kier alpha value is -1.82. The summed E-state index contributed by atoms with van der Waals surface area (Å²) in [6, 6.07) is 6.39. The number of hydrogen-bond donors (Lipinski definition) is 0. The summed E-state index contributed by atoms with van der Waals surface area (Å²) in [6.45, 7) is 2.78. The van der Waals surface area contributed by atoms with Gasteiger partial charge in [0.15, 0.2) is 0 Å². The minimum absolute atomic E-state index is 0.283. The highest BCUT2D eigenvalue weighted by Crippen LogP contribution is 2.35. The first-order valence-corrected chi connectivity index (χ1v) is 8.36. The average Bonchev–Trinajstić information content (AvgIpc) is 2.71. The third-order valence-corrected chi connectivity index (χ3v) is 4.70. The van der Waals surface area contributed by atoms with Crippen molar-refractivity contribution in [3.05, 3.63) is 35.6 Å². The summed E-state index contributed by atoms with van der Waals surface area (Å²) >= 11 is 1.59. The van der Waals surface area contributed by atoms with Crippen molar-refractivity contribution in [3.63, 3.8) is 0 Å². The number of rotatable bonds is 3. The average molecular weight is 320 g/mol. The van der Waals surface area contributed by atoms with Gasteiger partial charge in [-0.1, -0.05) is 12.1 Å². The molecule has 0 radical (unpaired) electrons. The zero-order valence-corrected chi connectivity index (χ0v) is 13.2. The smallest absolute Gasteiger partial charge is 0.343 e. The van der Waals surface area contributed by atoms with Crippen LogP contribution in [0.25, 0.3) is 11.3 Å². The number of ether oxygens (including phenoxy) is 1. The predicted molar refractivity (Wildman–Crippen MR) is 83.5 cm³/mol. The Bertz CT molecular complexity index is 699. The largest absolute Gasteiger partial charge is 0.462 e. The molecule has 116 valence electrons. The van der Waals surface area contributed by atoms with Gasteiger partial charge in [0.25, 0.3) is 0 Å². The molecule has 1 aromatic carbocycles. The summed E-state index contributed by atoms with van der Waals surface area (Å²) in [4.78, 5) is 12.4. The second-order valence-corrected chi connectivity index (χ2v) is 6.09. The van der Waals surface area contributed by atoms with Gasteiger partial charge < -0.3 is 4.74 Å². The topological polar surface area (TPSA) is 44.1 Å². The van der Waals surface area contributed by atoms with E-state index in [0.29, 0.717) is 16.8 Å². The summed E-state index contributed by atoms with van der Waals surface area (Å²) in [7, 11) is 0. The van der Waals surface area contributed by atoms with Gasteiger partial charge in [-0.05, 0) is 37.7 Å². The van der Waals surface area contributed by atoms with Crippen molar-refractivity contribution >= 4 is 17.7 Å². The molecule has 0 atom stereocenters. The van der Waals surface area contributed by atoms with Crippen LogP contribution in [0.3, 0.4) is 0 Å². The highest BCUT2D eigenvalue weighted by Gasteiger charge is 2.28. The molecule has 2 aromatic rings. The maximum atomic E-state index is 14.1. The third-order valence-electron chi connectivity index (χ3n) is 3.52. The molecule has 1 aromatic heterocycles. The molecule has 2 heterocycles. The number of hydrogen-bond acceptors (Lipinski definition) is 4. The van der Waals surface area contributed by atoms with Crippen LogP contribution in [-0.2, 0) is 11.3 Å². The van der Waals surface area contributed by atoms with Gasteiger partial charge in [-0.25, -0.2) is 9.18 Å². The van der Waals surface area contributed by atoms with Gasteiger partial charge in [0.05, 0.1) is 6.61 Å². The van der Waals surface area contributed by atoms with Crippen molar-refractivity contribution in [2.75, 3.05) is 12.4 Å². The number of carbonyl (C=O) groups is 1. The van der Waals surface area contributed by atoms with Crippen molar-refractivity contribution in [2.24, 2.45) is 0 Å². The Morgan fingerprint density at radius 3 is 3.00 bits per heavy atom. The molecule has 0 spiro atoms. The lowest BCUT2D eigenvalue weighted by Gasteiger charge is -2.06. The van der Waals surface area contributed by atoms with E-state index < -0.39 is 5.97 Å². The number of aryl methyl sites for hydroxylation is 1. The zero-order valence-electron chi connectivity index (χ0n) is 12.3. The lowest BCUT2D eigenvalue weighted by atomic mass is 10.1. The molecule has 0 aliphatic carbocycles. The van der Waals surface area contributed by atoms with Crippen LogP contribution < -0.4 is 0 Å². The van der Waals surface area contributed by atoms with Crippen molar-refractivity contribution in [3.8, 4) is 11.3 Å². The van der Waals surface area contributed by atoms with E-state index >= 15 is 0 Å². The summed E-state index contributed by atoms with van der Waals surface area (Å²) in [5, 5.41) is 5.29. The lowest BCUT2D eigenvalue weighted by Crippen LogP contribution is -2.07. The summed E-state index contributed by atoms with van der Waals surface area (Å²) in [5.74, 6) is 0.108. The van der Waals surface area contributed by atoms with Crippen LogP contribution in [0.5, 0.6) is 0 Å². The van der Waals surface area contributed by atoms with Crippen LogP contribution in [0.15, 0.2) is 29.3 Å². The summed E-state index contributed by atoms with van der Waals surface area (Å²) < 4.78 is 21.1. The van der Waals surface area contributed by atoms with Crippen molar-refractivity contribution in [1.82, 2.24) is 9.78 Å². The van der Waals surface area contributed by atoms with Crippen LogP contribution in [0, 0.1) is 5.82 Å². The van der Waals surface area contributed by atoms with E-state index in [9.17, 15) is 9.18 Å². The van der Waals surface area contributed by atoms with Crippen LogP contribution in [-0.4, -0.2) is 28.1 Å². The van der Waals surface area contributed by atoms with Gasteiger partial charge in [-0.3, -0.25) is 4.68 Å². The fourth-order valence-corrected chi connectivity index (χ4v) is 3.65. The number of benzene rings is 1. The molecule has 0 fully saturated rings. The molecule has 0 saturated heterocycles. The molecule has 1 aliphatic heterocycles. The number of nitrogens with zero attached hydrogens (tertiary/aromatic N) is 2. The van der Waals surface area contributed by atoms with Crippen LogP contribution >= 0.6 is 11.8 Å². The second-order valence-electron chi connectivity index (χ2n) is 5.01. The number of halogens is 1. The maximum absolute atomic E-state index is 14.1. The molecule has 4 nitrogen and oxygen atoms in total. The third kappa shape index (κ3) is 2.75. The lowest BCUT2D eigenvalue weighted by molar-refractivity contribution is 0.0522. The first-order chi connectivity index (χ1) is 10.7. The predicted octanol–water partition coefficient (Wildman–Crippen LogP) is 3.75. The molecule has 6 heteroatoms. The first kappa shape index (κ1) is 15.1. The highest BCUT2D eigenvalue weighted by atomic mass is 32.2. The molecule has 3 rings (SSSR count). The highest BCUT2D eigenvalue weighted by molar-refractivity contribution is 7.99. The van der Waals surface area contributed by atoms with Crippen molar-refractivity contribution in [1.29, 1.82) is 0 Å². The molecule has 22 heavy (non-hydrogen) atoms. The maximum Gasteiger partial charge on any atom is 0.343 e. The van der Waals surface area contributed by atoms with Gasteiger partial charge in [-0.2, -0.15) is 5.10 Å². The molecule has 0 saturated carbocycles. The van der Waals surface area contributed by atoms with E-state index in [-0.39, 0.29) is 12.4 Å². The van der Waals surface area contributed by atoms with E-state index in [4.69, 9.17) is 4.74 Å². The minimum atomic E-state index is -0.434. The Balaban J connectivity index is 2.17. The Labute approximate surface area is 132 Å². The quantitative estimate of drug-likeness (QED) is 0.808. The number of aromatic nitrogens is 2. The Morgan fingerprint density at radius 2 is 2.23 bits per heavy atom. The summed E-state index contributed by atoms with van der Waals surface area (Å²) in [5.41, 5.74) is 1.10. The van der Waals surface area contributed by atoms with Crippen LogP contribution in [0.4, 0.5) is 4.39 Å². The molecular formula is C16H17FN2O2S. The Kier molecular flexibility index (Phi) is 4.47. The van der Waals surface area contributed by atoms with Crippen LogP contribution in [0.1, 0.15) is 30.1 Å². The molecule has 0 N–H and O–H groups in total. The first-order valence-electron chi connectivity index (χ1n) is 7.38. The normalized spacial score (nSPS) is 14.3.